The maximum Gasteiger partial charge on any atom is 0.0706 e. The molecule has 1 atom stereocenters. The number of aliphatic imine (C=N–C) groups is 1. The van der Waals surface area contributed by atoms with Crippen molar-refractivity contribution in [3.05, 3.63) is 221 Å². The number of benzene rings is 7. The molecule has 7 aromatic rings. The van der Waals surface area contributed by atoms with Gasteiger partial charge >= 0.3 is 0 Å². The van der Waals surface area contributed by atoms with E-state index in [0.717, 1.165) is 44.3 Å². The lowest BCUT2D eigenvalue weighted by Crippen LogP contribution is -2.40. The molecule has 7 rings (SSSR count). The minimum Gasteiger partial charge on any atom is -0.317 e. The van der Waals surface area contributed by atoms with Crippen LogP contribution in [0.2, 0.25) is 0 Å². The highest BCUT2D eigenvalue weighted by molar-refractivity contribution is 6.01. The molecule has 0 aromatic heterocycles. The Labute approximate surface area is 283 Å². The van der Waals surface area contributed by atoms with E-state index in [1.807, 2.05) is 12.1 Å². The third-order valence-electron chi connectivity index (χ3n) is 9.32. The Balaban J connectivity index is 1.36. The number of hydrogen-bond donors (Lipinski definition) is 1. The van der Waals surface area contributed by atoms with Crippen molar-refractivity contribution in [2.24, 2.45) is 10.7 Å². The van der Waals surface area contributed by atoms with Crippen molar-refractivity contribution in [3.63, 3.8) is 0 Å². The van der Waals surface area contributed by atoms with Gasteiger partial charge in [-0.1, -0.05) is 182 Å². The predicted octanol–water partition coefficient (Wildman–Crippen LogP) is 10.8. The molecule has 0 amide bonds. The van der Waals surface area contributed by atoms with Crippen molar-refractivity contribution in [1.82, 2.24) is 0 Å². The van der Waals surface area contributed by atoms with Gasteiger partial charge in [0.15, 0.2) is 0 Å². The Kier molecular flexibility index (Phi) is 8.91. The molecule has 0 saturated carbocycles. The van der Waals surface area contributed by atoms with Crippen LogP contribution < -0.4 is 5.73 Å². The summed E-state index contributed by atoms with van der Waals surface area (Å²) >= 11 is 0. The van der Waals surface area contributed by atoms with E-state index in [2.05, 4.69) is 183 Å². The Morgan fingerprint density at radius 1 is 0.583 bits per heavy atom. The van der Waals surface area contributed by atoms with E-state index < -0.39 is 5.54 Å². The van der Waals surface area contributed by atoms with Gasteiger partial charge in [-0.25, -0.2) is 0 Å². The maximum atomic E-state index is 7.37. The molecule has 0 aliphatic carbocycles. The number of rotatable bonds is 10. The van der Waals surface area contributed by atoms with E-state index in [1.54, 1.807) is 0 Å². The first kappa shape index (κ1) is 30.8. The molecule has 0 heterocycles. The van der Waals surface area contributed by atoms with E-state index in [0.29, 0.717) is 6.42 Å². The molecule has 0 radical (unpaired) electrons. The lowest BCUT2D eigenvalue weighted by atomic mass is 9.78. The van der Waals surface area contributed by atoms with E-state index in [9.17, 15) is 0 Å². The van der Waals surface area contributed by atoms with E-state index in [4.69, 9.17) is 10.7 Å². The third-order valence-corrected chi connectivity index (χ3v) is 9.32. The van der Waals surface area contributed by atoms with Crippen LogP contribution in [-0.4, -0.2) is 6.72 Å². The van der Waals surface area contributed by atoms with Crippen LogP contribution in [0, 0.1) is 0 Å². The summed E-state index contributed by atoms with van der Waals surface area (Å²) in [5, 5.41) is 2.30. The summed E-state index contributed by atoms with van der Waals surface area (Å²) in [6, 6.07) is 63.8. The van der Waals surface area contributed by atoms with Gasteiger partial charge in [-0.15, -0.1) is 0 Å². The summed E-state index contributed by atoms with van der Waals surface area (Å²) in [6.45, 7) is 4.10. The first-order chi connectivity index (χ1) is 23.6. The van der Waals surface area contributed by atoms with Gasteiger partial charge in [0, 0.05) is 11.5 Å². The number of allylic oxidation sites excluding steroid dienone is 1. The van der Waals surface area contributed by atoms with Crippen LogP contribution in [0.5, 0.6) is 0 Å². The molecule has 2 nitrogen and oxygen atoms in total. The van der Waals surface area contributed by atoms with Gasteiger partial charge in [-0.05, 0) is 68.9 Å². The molecule has 0 aliphatic heterocycles. The monoisotopic (exact) mass is 618 g/mol. The summed E-state index contributed by atoms with van der Waals surface area (Å²) < 4.78 is 0. The smallest absolute Gasteiger partial charge is 0.0706 e. The zero-order chi connectivity index (χ0) is 32.8. The summed E-state index contributed by atoms with van der Waals surface area (Å²) in [6.07, 6.45) is 2.95. The van der Waals surface area contributed by atoms with Gasteiger partial charge in [0.2, 0.25) is 0 Å². The van der Waals surface area contributed by atoms with Gasteiger partial charge in [0.05, 0.1) is 11.2 Å². The fraction of sp³-hybridized carbons (Fsp3) is 0.0652. The highest BCUT2D eigenvalue weighted by atomic mass is 14.7. The van der Waals surface area contributed by atoms with Gasteiger partial charge in [-0.2, -0.15) is 0 Å². The zero-order valence-electron chi connectivity index (χ0n) is 26.9. The molecule has 1 unspecified atom stereocenters. The van der Waals surface area contributed by atoms with Crippen molar-refractivity contribution in [3.8, 4) is 11.1 Å². The first-order valence-electron chi connectivity index (χ1n) is 16.4. The summed E-state index contributed by atoms with van der Waals surface area (Å²) in [5.41, 5.74) is 16.5. The summed E-state index contributed by atoms with van der Waals surface area (Å²) in [4.78, 5) is 4.72. The highest BCUT2D eigenvalue weighted by Gasteiger charge is 2.30. The molecule has 0 spiro atoms. The molecule has 0 bridgehead atoms. The quantitative estimate of drug-likeness (QED) is 0.152. The van der Waals surface area contributed by atoms with Crippen molar-refractivity contribution in [2.45, 2.75) is 17.9 Å². The standard InChI is InChI=1S/C46H38N2/c1-48-44(32-43(35-18-8-3-9-19-35)36-20-10-4-11-21-36)45-41-25-15-14-22-37(41)28-31-42(45)38-26-29-40(30-27-38)46(47,39-23-12-5-13-24-39)33-34-16-6-2-7-17-34/h2-32,43H,1,33,47H2/b44-32-. The van der Waals surface area contributed by atoms with Gasteiger partial charge in [-0.3, -0.25) is 4.99 Å². The molecule has 48 heavy (non-hydrogen) atoms. The van der Waals surface area contributed by atoms with Crippen molar-refractivity contribution in [2.75, 3.05) is 0 Å². The molecule has 7 aromatic carbocycles. The Morgan fingerprint density at radius 2 is 1.10 bits per heavy atom. The lowest BCUT2D eigenvalue weighted by molar-refractivity contribution is 0.535. The molecular weight excluding hydrogens is 581 g/mol. The molecular formula is C46H38N2. The number of hydrogen-bond acceptors (Lipinski definition) is 2. The fourth-order valence-corrected chi connectivity index (χ4v) is 6.84. The van der Waals surface area contributed by atoms with Crippen molar-refractivity contribution >= 4 is 23.2 Å². The van der Waals surface area contributed by atoms with Crippen molar-refractivity contribution in [1.29, 1.82) is 0 Å². The lowest BCUT2D eigenvalue weighted by Gasteiger charge is -2.31. The van der Waals surface area contributed by atoms with Crippen LogP contribution in [0.15, 0.2) is 193 Å². The van der Waals surface area contributed by atoms with Crippen molar-refractivity contribution < 1.29 is 0 Å². The Morgan fingerprint density at radius 3 is 1.71 bits per heavy atom. The van der Waals surface area contributed by atoms with E-state index in [1.165, 1.54) is 16.7 Å². The maximum absolute atomic E-state index is 7.37. The highest BCUT2D eigenvalue weighted by Crippen LogP contribution is 2.40. The minimum atomic E-state index is -0.695. The molecule has 232 valence electrons. The largest absolute Gasteiger partial charge is 0.317 e. The summed E-state index contributed by atoms with van der Waals surface area (Å²) in [5.74, 6) is 0.00353. The van der Waals surface area contributed by atoms with Crippen LogP contribution >= 0.6 is 0 Å². The molecule has 0 aliphatic rings. The van der Waals surface area contributed by atoms with E-state index in [-0.39, 0.29) is 5.92 Å². The van der Waals surface area contributed by atoms with Crippen LogP contribution in [0.1, 0.15) is 39.3 Å². The first-order valence-corrected chi connectivity index (χ1v) is 16.4. The van der Waals surface area contributed by atoms with Crippen LogP contribution in [0.25, 0.3) is 27.6 Å². The second-order valence-corrected chi connectivity index (χ2v) is 12.3. The number of fused-ring (bicyclic) bond motifs is 1. The topological polar surface area (TPSA) is 38.4 Å². The average molecular weight is 619 g/mol. The third kappa shape index (κ3) is 6.27. The fourth-order valence-electron chi connectivity index (χ4n) is 6.84. The van der Waals surface area contributed by atoms with Crippen LogP contribution in [0.4, 0.5) is 0 Å². The van der Waals surface area contributed by atoms with Gasteiger partial charge < -0.3 is 5.73 Å². The predicted molar refractivity (Wildman–Crippen MR) is 203 cm³/mol. The average Bonchev–Trinajstić information content (AvgIpc) is 3.16. The zero-order valence-corrected chi connectivity index (χ0v) is 26.9. The molecule has 0 saturated heterocycles. The summed E-state index contributed by atoms with van der Waals surface area (Å²) in [7, 11) is 0. The molecule has 0 fully saturated rings. The normalized spacial score (nSPS) is 12.9. The number of nitrogens with two attached hydrogens (primary N) is 1. The van der Waals surface area contributed by atoms with Crippen LogP contribution in [-0.2, 0) is 12.0 Å². The Hall–Kier alpha value is -5.83. The van der Waals surface area contributed by atoms with Gasteiger partial charge in [0.1, 0.15) is 0 Å². The van der Waals surface area contributed by atoms with E-state index >= 15 is 0 Å². The Bertz CT molecular complexity index is 2110. The molecule has 2 N–H and O–H groups in total. The second kappa shape index (κ2) is 13.9. The molecule has 2 heteroatoms. The SMILES string of the molecule is C=N/C(=C\C(c1ccccc1)c1ccccc1)c1c(-c2ccc(C(N)(Cc3ccccc3)c3ccccc3)cc2)ccc2ccccc12. The minimum absolute atomic E-state index is 0.00353. The van der Waals surface area contributed by atoms with Gasteiger partial charge in [0.25, 0.3) is 0 Å². The second-order valence-electron chi connectivity index (χ2n) is 12.3. The van der Waals surface area contributed by atoms with Crippen LogP contribution in [0.3, 0.4) is 0 Å². The number of nitrogens with zero attached hydrogens (tertiary/aromatic N) is 1.